The van der Waals surface area contributed by atoms with Crippen LogP contribution in [-0.2, 0) is 23.2 Å². The van der Waals surface area contributed by atoms with Crippen LogP contribution in [0, 0.1) is 11.6 Å². The zero-order valence-electron chi connectivity index (χ0n) is 17.4. The van der Waals surface area contributed by atoms with Crippen molar-refractivity contribution in [2.75, 3.05) is 18.9 Å². The third-order valence-corrected chi connectivity index (χ3v) is 6.09. The van der Waals surface area contributed by atoms with E-state index in [9.17, 15) is 22.0 Å². The van der Waals surface area contributed by atoms with Gasteiger partial charge in [0.25, 0.3) is 10.0 Å². The maximum Gasteiger partial charge on any atom is 0.328 e. The van der Waals surface area contributed by atoms with E-state index in [4.69, 9.17) is 16.3 Å². The van der Waals surface area contributed by atoms with E-state index in [1.807, 2.05) is 34.4 Å². The van der Waals surface area contributed by atoms with Crippen molar-refractivity contribution in [1.82, 2.24) is 14.6 Å². The third kappa shape index (κ3) is 6.36. The van der Waals surface area contributed by atoms with Crippen LogP contribution < -0.4 is 20.1 Å². The van der Waals surface area contributed by atoms with E-state index in [1.165, 1.54) is 7.05 Å². The van der Waals surface area contributed by atoms with Crippen LogP contribution in [0.1, 0.15) is 5.56 Å². The average molecular weight is 499 g/mol. The summed E-state index contributed by atoms with van der Waals surface area (Å²) in [6, 6.07) is 8.84. The van der Waals surface area contributed by atoms with Crippen molar-refractivity contribution >= 4 is 33.3 Å². The summed E-state index contributed by atoms with van der Waals surface area (Å²) in [7, 11) is -3.49. The summed E-state index contributed by atoms with van der Waals surface area (Å²) in [6.45, 7) is 1.04. The molecule has 3 aromatic rings. The van der Waals surface area contributed by atoms with Gasteiger partial charge in [-0.05, 0) is 30.3 Å². The number of benzene rings is 2. The zero-order valence-corrected chi connectivity index (χ0v) is 19.0. The number of ether oxygens (including phenoxy) is 1. The maximum absolute atomic E-state index is 14.8. The second kappa shape index (κ2) is 10.5. The van der Waals surface area contributed by atoms with Crippen LogP contribution in [0.5, 0.6) is 5.75 Å². The fourth-order valence-corrected chi connectivity index (χ4v) is 4.13. The molecule has 0 aliphatic rings. The van der Waals surface area contributed by atoms with Crippen molar-refractivity contribution in [2.45, 2.75) is 18.0 Å². The maximum atomic E-state index is 14.8. The molecule has 0 aliphatic heterocycles. The SMILES string of the molecule is CNC(=O)NS(=O)(=O)c1cc(F)cc(OCc2ccc(Cl)cc2NCCn2cccc2)c1F. The van der Waals surface area contributed by atoms with Gasteiger partial charge in [0.1, 0.15) is 17.3 Å². The fraction of sp³-hybridized carbons (Fsp3) is 0.190. The van der Waals surface area contributed by atoms with Gasteiger partial charge in [0.2, 0.25) is 0 Å². The molecule has 0 saturated carbocycles. The molecule has 2 aromatic carbocycles. The number of sulfonamides is 1. The first-order chi connectivity index (χ1) is 15.7. The molecular formula is C21H21ClF2N4O4S. The predicted molar refractivity (Wildman–Crippen MR) is 120 cm³/mol. The molecule has 3 rings (SSSR count). The summed E-state index contributed by atoms with van der Waals surface area (Å²) in [4.78, 5) is 10.3. The van der Waals surface area contributed by atoms with Gasteiger partial charge in [-0.2, -0.15) is 0 Å². The first-order valence-corrected chi connectivity index (χ1v) is 11.5. The highest BCUT2D eigenvalue weighted by molar-refractivity contribution is 7.90. The van der Waals surface area contributed by atoms with Crippen molar-refractivity contribution in [1.29, 1.82) is 0 Å². The number of anilines is 1. The van der Waals surface area contributed by atoms with E-state index in [-0.39, 0.29) is 6.61 Å². The Morgan fingerprint density at radius 1 is 1.15 bits per heavy atom. The normalized spacial score (nSPS) is 11.2. The molecule has 0 fully saturated rings. The van der Waals surface area contributed by atoms with Gasteiger partial charge in [-0.25, -0.2) is 26.7 Å². The molecule has 0 saturated heterocycles. The van der Waals surface area contributed by atoms with E-state index < -0.39 is 38.3 Å². The number of nitrogens with one attached hydrogen (secondary N) is 3. The monoisotopic (exact) mass is 498 g/mol. The number of rotatable bonds is 9. The fourth-order valence-electron chi connectivity index (χ4n) is 2.90. The van der Waals surface area contributed by atoms with Crippen molar-refractivity contribution in [3.05, 3.63) is 77.1 Å². The number of carbonyl (C=O) groups is 1. The van der Waals surface area contributed by atoms with Gasteiger partial charge in [0.05, 0.1) is 0 Å². The molecule has 0 aliphatic carbocycles. The molecule has 8 nitrogen and oxygen atoms in total. The van der Waals surface area contributed by atoms with Gasteiger partial charge in [0, 0.05) is 54.9 Å². The lowest BCUT2D eigenvalue weighted by molar-refractivity contribution is 0.247. The van der Waals surface area contributed by atoms with Crippen LogP contribution >= 0.6 is 11.6 Å². The molecule has 3 N–H and O–H groups in total. The molecule has 2 amide bonds. The van der Waals surface area contributed by atoms with Crippen LogP contribution in [0.4, 0.5) is 19.3 Å². The summed E-state index contributed by atoms with van der Waals surface area (Å²) in [6.07, 6.45) is 3.84. The molecule has 176 valence electrons. The molecule has 1 aromatic heterocycles. The number of amides is 2. The molecule has 0 bridgehead atoms. The highest BCUT2D eigenvalue weighted by atomic mass is 35.5. The molecule has 0 spiro atoms. The van der Waals surface area contributed by atoms with E-state index in [2.05, 4.69) is 5.32 Å². The first kappa shape index (κ1) is 24.3. The Labute approximate surface area is 194 Å². The second-order valence-electron chi connectivity index (χ2n) is 6.84. The molecule has 0 radical (unpaired) electrons. The molecule has 33 heavy (non-hydrogen) atoms. The minimum Gasteiger partial charge on any atom is -0.486 e. The summed E-state index contributed by atoms with van der Waals surface area (Å²) < 4.78 is 62.3. The van der Waals surface area contributed by atoms with Crippen molar-refractivity contribution in [3.63, 3.8) is 0 Å². The standard InChI is InChI=1S/C21H21ClF2N4O4S/c1-25-21(29)27-33(30,31)19-12-16(23)11-18(20(19)24)32-13-14-4-5-15(22)10-17(14)26-6-9-28-7-2-3-8-28/h2-5,7-8,10-12,26H,6,9,13H2,1H3,(H2,25,27,29). The van der Waals surface area contributed by atoms with Crippen LogP contribution in [0.25, 0.3) is 0 Å². The van der Waals surface area contributed by atoms with Crippen LogP contribution in [0.3, 0.4) is 0 Å². The number of carbonyl (C=O) groups excluding carboxylic acids is 1. The number of hydrogen-bond acceptors (Lipinski definition) is 5. The van der Waals surface area contributed by atoms with Gasteiger partial charge >= 0.3 is 6.03 Å². The Kier molecular flexibility index (Phi) is 7.77. The van der Waals surface area contributed by atoms with Crippen molar-refractivity contribution in [2.24, 2.45) is 0 Å². The Morgan fingerprint density at radius 3 is 2.58 bits per heavy atom. The van der Waals surface area contributed by atoms with Gasteiger partial charge in [-0.3, -0.25) is 0 Å². The van der Waals surface area contributed by atoms with Crippen molar-refractivity contribution in [3.8, 4) is 5.75 Å². The lowest BCUT2D eigenvalue weighted by atomic mass is 10.2. The van der Waals surface area contributed by atoms with Gasteiger partial charge in [-0.15, -0.1) is 0 Å². The van der Waals surface area contributed by atoms with E-state index in [0.717, 1.165) is 6.07 Å². The number of halogens is 3. The molecule has 0 unspecified atom stereocenters. The first-order valence-electron chi connectivity index (χ1n) is 9.69. The van der Waals surface area contributed by atoms with Gasteiger partial charge in [-0.1, -0.05) is 17.7 Å². The lowest BCUT2D eigenvalue weighted by Crippen LogP contribution is -2.37. The number of aromatic nitrogens is 1. The molecule has 1 heterocycles. The summed E-state index contributed by atoms with van der Waals surface area (Å²) >= 11 is 6.08. The highest BCUT2D eigenvalue weighted by Crippen LogP contribution is 2.28. The predicted octanol–water partition coefficient (Wildman–Crippen LogP) is 3.73. The topological polar surface area (TPSA) is 101 Å². The zero-order chi connectivity index (χ0) is 24.0. The molecular weight excluding hydrogens is 478 g/mol. The molecule has 12 heteroatoms. The Morgan fingerprint density at radius 2 is 1.88 bits per heavy atom. The lowest BCUT2D eigenvalue weighted by Gasteiger charge is -2.15. The Bertz CT molecular complexity index is 1240. The Hall–Kier alpha value is -3.31. The van der Waals surface area contributed by atoms with Crippen LogP contribution in [0.2, 0.25) is 5.02 Å². The van der Waals surface area contributed by atoms with E-state index >= 15 is 0 Å². The number of urea groups is 1. The van der Waals surface area contributed by atoms with Crippen molar-refractivity contribution < 1.29 is 26.7 Å². The molecule has 0 atom stereocenters. The summed E-state index contributed by atoms with van der Waals surface area (Å²) in [5, 5.41) is 5.71. The average Bonchev–Trinajstić information content (AvgIpc) is 3.28. The van der Waals surface area contributed by atoms with E-state index in [0.29, 0.717) is 35.4 Å². The Balaban J connectivity index is 1.78. The highest BCUT2D eigenvalue weighted by Gasteiger charge is 2.25. The smallest absolute Gasteiger partial charge is 0.328 e. The van der Waals surface area contributed by atoms with Crippen LogP contribution in [0.15, 0.2) is 59.8 Å². The number of hydrogen-bond donors (Lipinski definition) is 3. The third-order valence-electron chi connectivity index (χ3n) is 4.52. The van der Waals surface area contributed by atoms with Crippen LogP contribution in [-0.4, -0.2) is 32.6 Å². The second-order valence-corrected chi connectivity index (χ2v) is 8.93. The summed E-state index contributed by atoms with van der Waals surface area (Å²) in [5.41, 5.74) is 1.21. The minimum absolute atomic E-state index is 0.203. The largest absolute Gasteiger partial charge is 0.486 e. The van der Waals surface area contributed by atoms with Gasteiger partial charge < -0.3 is 19.9 Å². The quantitative estimate of drug-likeness (QED) is 0.417. The minimum atomic E-state index is -4.67. The summed E-state index contributed by atoms with van der Waals surface area (Å²) in [5.74, 6) is -3.01. The number of nitrogens with zero attached hydrogens (tertiary/aromatic N) is 1. The van der Waals surface area contributed by atoms with E-state index in [1.54, 1.807) is 22.9 Å². The van der Waals surface area contributed by atoms with Gasteiger partial charge in [0.15, 0.2) is 11.6 Å².